The third-order valence-electron chi connectivity index (χ3n) is 5.19. The second-order valence-corrected chi connectivity index (χ2v) is 7.16. The maximum atomic E-state index is 14.9. The van der Waals surface area contributed by atoms with E-state index in [1.165, 1.54) is 16.5 Å². The average Bonchev–Trinajstić information content (AvgIpc) is 3.10. The summed E-state index contributed by atoms with van der Waals surface area (Å²) in [6.45, 7) is 0.770. The molecule has 0 spiro atoms. The Morgan fingerprint density at radius 3 is 2.75 bits per heavy atom. The molecule has 2 heterocycles. The third-order valence-corrected chi connectivity index (χ3v) is 5.19. The minimum absolute atomic E-state index is 0.157. The van der Waals surface area contributed by atoms with Gasteiger partial charge in [0.1, 0.15) is 11.9 Å². The summed E-state index contributed by atoms with van der Waals surface area (Å²) in [4.78, 5) is 13.3. The van der Waals surface area contributed by atoms with Crippen LogP contribution in [0.25, 0.3) is 5.57 Å². The molecule has 0 aliphatic carbocycles. The molecule has 2 aliphatic heterocycles. The number of amides is 1. The molecule has 2 N–H and O–H groups in total. The lowest BCUT2D eigenvalue weighted by Gasteiger charge is -2.24. The first-order chi connectivity index (χ1) is 13.6. The van der Waals surface area contributed by atoms with Crippen LogP contribution in [0.1, 0.15) is 17.5 Å². The van der Waals surface area contributed by atoms with Gasteiger partial charge in [-0.05, 0) is 48.7 Å². The van der Waals surface area contributed by atoms with Gasteiger partial charge in [0.25, 0.3) is 0 Å². The first kappa shape index (κ1) is 18.7. The molecule has 1 saturated heterocycles. The predicted molar refractivity (Wildman–Crippen MR) is 106 cm³/mol. The van der Waals surface area contributed by atoms with Crippen LogP contribution < -0.4 is 10.2 Å². The van der Waals surface area contributed by atoms with Crippen LogP contribution in [0.4, 0.5) is 14.9 Å². The zero-order chi connectivity index (χ0) is 19.5. The standard InChI is InChI=1S/C22H23FN2O3/c23-21-12-18(25-13-19(14-26)28-22(25)27)6-7-20(21)16-8-9-24-17(11-16)10-15-4-2-1-3-5-15/h1-7,11-12,17,19,24,26H,8-10,13-14H2/t17?,19-/m1/s1. The highest BCUT2D eigenvalue weighted by molar-refractivity contribution is 5.90. The number of cyclic esters (lactones) is 1. The molecule has 146 valence electrons. The smallest absolute Gasteiger partial charge is 0.414 e. The first-order valence-corrected chi connectivity index (χ1v) is 9.51. The van der Waals surface area contributed by atoms with Crippen molar-refractivity contribution >= 4 is 17.4 Å². The number of nitrogens with one attached hydrogen (secondary N) is 1. The molecule has 2 aromatic carbocycles. The Morgan fingerprint density at radius 2 is 2.04 bits per heavy atom. The molecule has 0 aromatic heterocycles. The van der Waals surface area contributed by atoms with Crippen LogP contribution in [0.3, 0.4) is 0 Å². The van der Waals surface area contributed by atoms with Crippen LogP contribution in [0.15, 0.2) is 54.6 Å². The summed E-state index contributed by atoms with van der Waals surface area (Å²) in [5.74, 6) is -0.357. The van der Waals surface area contributed by atoms with Gasteiger partial charge in [-0.15, -0.1) is 0 Å². The molecular weight excluding hydrogens is 359 g/mol. The van der Waals surface area contributed by atoms with E-state index in [0.29, 0.717) is 11.3 Å². The lowest BCUT2D eigenvalue weighted by molar-refractivity contribution is 0.0963. The van der Waals surface area contributed by atoms with Crippen molar-refractivity contribution < 1.29 is 19.0 Å². The van der Waals surface area contributed by atoms with Gasteiger partial charge in [-0.25, -0.2) is 9.18 Å². The van der Waals surface area contributed by atoms with E-state index in [0.717, 1.165) is 25.0 Å². The van der Waals surface area contributed by atoms with Gasteiger partial charge in [-0.2, -0.15) is 0 Å². The molecule has 2 aromatic rings. The van der Waals surface area contributed by atoms with E-state index in [-0.39, 0.29) is 25.0 Å². The molecular formula is C22H23FN2O3. The van der Waals surface area contributed by atoms with Crippen LogP contribution in [0.2, 0.25) is 0 Å². The summed E-state index contributed by atoms with van der Waals surface area (Å²) in [7, 11) is 0. The van der Waals surface area contributed by atoms with Crippen LogP contribution in [0.5, 0.6) is 0 Å². The van der Waals surface area contributed by atoms with Gasteiger partial charge in [0.15, 0.2) is 0 Å². The molecule has 2 atom stereocenters. The molecule has 0 radical (unpaired) electrons. The van der Waals surface area contributed by atoms with Gasteiger partial charge >= 0.3 is 6.09 Å². The number of benzene rings is 2. The van der Waals surface area contributed by atoms with Crippen molar-refractivity contribution in [2.75, 3.05) is 24.6 Å². The second kappa shape index (κ2) is 8.12. The quantitative estimate of drug-likeness (QED) is 0.834. The fraction of sp³-hybridized carbons (Fsp3) is 0.318. The van der Waals surface area contributed by atoms with E-state index in [1.54, 1.807) is 12.1 Å². The number of halogens is 1. The number of ether oxygens (including phenoxy) is 1. The summed E-state index contributed by atoms with van der Waals surface area (Å²) in [5, 5.41) is 12.6. The largest absolute Gasteiger partial charge is 0.441 e. The zero-order valence-corrected chi connectivity index (χ0v) is 15.5. The molecule has 0 saturated carbocycles. The summed E-state index contributed by atoms with van der Waals surface area (Å²) in [5.41, 5.74) is 3.22. The van der Waals surface area contributed by atoms with E-state index in [4.69, 9.17) is 9.84 Å². The Hall–Kier alpha value is -2.70. The van der Waals surface area contributed by atoms with Crippen molar-refractivity contribution in [2.24, 2.45) is 0 Å². The number of aliphatic hydroxyl groups excluding tert-OH is 1. The van der Waals surface area contributed by atoms with Crippen molar-refractivity contribution in [1.82, 2.24) is 5.32 Å². The molecule has 28 heavy (non-hydrogen) atoms. The van der Waals surface area contributed by atoms with Crippen LogP contribution >= 0.6 is 0 Å². The summed E-state index contributed by atoms with van der Waals surface area (Å²) in [6, 6.07) is 15.2. The molecule has 1 amide bonds. The molecule has 1 fully saturated rings. The van der Waals surface area contributed by atoms with Crippen molar-refractivity contribution in [3.8, 4) is 0 Å². The number of anilines is 1. The fourth-order valence-electron chi connectivity index (χ4n) is 3.76. The second-order valence-electron chi connectivity index (χ2n) is 7.16. The minimum atomic E-state index is -0.568. The topological polar surface area (TPSA) is 61.8 Å². The molecule has 1 unspecified atom stereocenters. The Morgan fingerprint density at radius 1 is 1.21 bits per heavy atom. The number of nitrogens with zero attached hydrogens (tertiary/aromatic N) is 1. The minimum Gasteiger partial charge on any atom is -0.441 e. The third kappa shape index (κ3) is 3.93. The van der Waals surface area contributed by atoms with Crippen molar-refractivity contribution in [2.45, 2.75) is 25.0 Å². The zero-order valence-electron chi connectivity index (χ0n) is 15.5. The van der Waals surface area contributed by atoms with Crippen LogP contribution in [0, 0.1) is 5.82 Å². The highest BCUT2D eigenvalue weighted by Crippen LogP contribution is 2.29. The number of carbonyl (C=O) groups is 1. The number of hydrogen-bond donors (Lipinski definition) is 2. The first-order valence-electron chi connectivity index (χ1n) is 9.51. The van der Waals surface area contributed by atoms with E-state index in [1.807, 2.05) is 18.2 Å². The van der Waals surface area contributed by atoms with Crippen molar-refractivity contribution in [1.29, 1.82) is 0 Å². The Labute approximate surface area is 163 Å². The van der Waals surface area contributed by atoms with Crippen LogP contribution in [-0.2, 0) is 11.2 Å². The van der Waals surface area contributed by atoms with Crippen molar-refractivity contribution in [3.05, 3.63) is 71.6 Å². The average molecular weight is 382 g/mol. The monoisotopic (exact) mass is 382 g/mol. The van der Waals surface area contributed by atoms with Crippen LogP contribution in [-0.4, -0.2) is 43.0 Å². The SMILES string of the molecule is O=C1O[C@@H](CO)CN1c1ccc(C2=CC(Cc3ccccc3)NCC2)c(F)c1. The Kier molecular flexibility index (Phi) is 5.41. The molecule has 0 bridgehead atoms. The fourth-order valence-corrected chi connectivity index (χ4v) is 3.76. The molecule has 6 heteroatoms. The molecule has 5 nitrogen and oxygen atoms in total. The van der Waals surface area contributed by atoms with Gasteiger partial charge < -0.3 is 15.2 Å². The van der Waals surface area contributed by atoms with Gasteiger partial charge in [0.2, 0.25) is 0 Å². The maximum Gasteiger partial charge on any atom is 0.414 e. The highest BCUT2D eigenvalue weighted by atomic mass is 19.1. The van der Waals surface area contributed by atoms with E-state index < -0.39 is 12.2 Å². The Bertz CT molecular complexity index is 885. The lowest BCUT2D eigenvalue weighted by atomic mass is 9.93. The lowest BCUT2D eigenvalue weighted by Crippen LogP contribution is -2.33. The highest BCUT2D eigenvalue weighted by Gasteiger charge is 2.32. The summed E-state index contributed by atoms with van der Waals surface area (Å²) < 4.78 is 19.9. The van der Waals surface area contributed by atoms with Gasteiger partial charge in [0, 0.05) is 11.6 Å². The molecule has 2 aliphatic rings. The normalized spacial score (nSPS) is 22.1. The maximum absolute atomic E-state index is 14.9. The molecule has 4 rings (SSSR count). The predicted octanol–water partition coefficient (Wildman–Crippen LogP) is 3.13. The number of carbonyl (C=O) groups excluding carboxylic acids is 1. The Balaban J connectivity index is 1.53. The van der Waals surface area contributed by atoms with Gasteiger partial charge in [-0.3, -0.25) is 4.90 Å². The number of rotatable bonds is 5. The van der Waals surface area contributed by atoms with Gasteiger partial charge in [0.05, 0.1) is 18.8 Å². The van der Waals surface area contributed by atoms with Gasteiger partial charge in [-0.1, -0.05) is 36.4 Å². The van der Waals surface area contributed by atoms with Crippen molar-refractivity contribution in [3.63, 3.8) is 0 Å². The summed E-state index contributed by atoms with van der Waals surface area (Å²) in [6.07, 6.45) is 2.57. The van der Waals surface area contributed by atoms with E-state index >= 15 is 0 Å². The number of aliphatic hydroxyl groups is 1. The van der Waals surface area contributed by atoms with E-state index in [9.17, 15) is 9.18 Å². The summed E-state index contributed by atoms with van der Waals surface area (Å²) >= 11 is 0. The number of hydrogen-bond acceptors (Lipinski definition) is 4. The van der Waals surface area contributed by atoms with E-state index in [2.05, 4.69) is 23.5 Å².